The topological polar surface area (TPSA) is 35.5 Å². The molecule has 3 nitrogen and oxygen atoms in total. The van der Waals surface area contributed by atoms with Gasteiger partial charge in [-0.05, 0) is 25.0 Å². The highest BCUT2D eigenvalue weighted by Gasteiger charge is 2.64. The molecule has 1 aromatic carbocycles. The van der Waals surface area contributed by atoms with E-state index in [9.17, 15) is 18.0 Å². The number of methoxy groups -OCH3 is 1. The lowest BCUT2D eigenvalue weighted by atomic mass is 9.93. The number of ether oxygens (including phenoxy) is 2. The average Bonchev–Trinajstić information content (AvgIpc) is 2.72. The van der Waals surface area contributed by atoms with Crippen LogP contribution in [0.2, 0.25) is 0 Å². The first kappa shape index (κ1) is 26.0. The van der Waals surface area contributed by atoms with E-state index in [4.69, 9.17) is 4.74 Å². The van der Waals surface area contributed by atoms with Crippen molar-refractivity contribution < 1.29 is 27.4 Å². The molecule has 0 N–H and O–H groups in total. The molecule has 30 heavy (non-hydrogen) atoms. The van der Waals surface area contributed by atoms with Crippen LogP contribution in [-0.2, 0) is 19.9 Å². The lowest BCUT2D eigenvalue weighted by Crippen LogP contribution is -2.51. The maximum atomic E-state index is 13.7. The van der Waals surface area contributed by atoms with Crippen LogP contribution in [0.4, 0.5) is 13.2 Å². The van der Waals surface area contributed by atoms with Crippen LogP contribution < -0.4 is 0 Å². The lowest BCUT2D eigenvalue weighted by molar-refractivity contribution is -0.275. The van der Waals surface area contributed by atoms with E-state index in [-0.39, 0.29) is 12.2 Å². The summed E-state index contributed by atoms with van der Waals surface area (Å²) in [6, 6.07) is 6.77. The molecule has 0 bridgehead atoms. The summed E-state index contributed by atoms with van der Waals surface area (Å²) in [6.07, 6.45) is 8.93. The minimum absolute atomic E-state index is 0.305. The van der Waals surface area contributed by atoms with Crippen LogP contribution in [0.3, 0.4) is 0 Å². The molecule has 0 heterocycles. The van der Waals surface area contributed by atoms with E-state index in [1.807, 2.05) is 6.08 Å². The second-order valence-corrected chi connectivity index (χ2v) is 7.19. The zero-order valence-electron chi connectivity index (χ0n) is 18.0. The Morgan fingerprint density at radius 1 is 0.967 bits per heavy atom. The normalized spacial score (nSPS) is 13.2. The number of unbranched alkanes of at least 4 members (excludes halogenated alkanes) is 8. The minimum atomic E-state index is -4.96. The molecule has 0 spiro atoms. The van der Waals surface area contributed by atoms with Crippen molar-refractivity contribution in [2.45, 2.75) is 76.5 Å². The summed E-state index contributed by atoms with van der Waals surface area (Å²) < 4.78 is 50.7. The standard InChI is InChI=1S/C24H33F3O3/c1-3-4-5-6-7-8-9-10-11-12-13-17-20-30-22(28)23(29-2,24(25,26)27)21-18-15-14-16-19-21/h12,14-19H,3-11,20H2,1-2H3. The van der Waals surface area contributed by atoms with E-state index in [1.165, 1.54) is 68.9 Å². The largest absolute Gasteiger partial charge is 0.458 e. The second-order valence-electron chi connectivity index (χ2n) is 7.19. The Morgan fingerprint density at radius 2 is 1.57 bits per heavy atom. The molecule has 0 aromatic heterocycles. The van der Waals surface area contributed by atoms with E-state index >= 15 is 0 Å². The van der Waals surface area contributed by atoms with Crippen LogP contribution in [0, 0.1) is 0 Å². The molecule has 1 rings (SSSR count). The zero-order chi connectivity index (χ0) is 22.3. The Bertz CT molecular complexity index is 664. The predicted octanol–water partition coefficient (Wildman–Crippen LogP) is 6.88. The van der Waals surface area contributed by atoms with Crippen molar-refractivity contribution >= 4 is 5.97 Å². The van der Waals surface area contributed by atoms with Crippen molar-refractivity contribution in [2.75, 3.05) is 13.7 Å². The third kappa shape index (κ3) is 8.00. The van der Waals surface area contributed by atoms with Gasteiger partial charge in [0.2, 0.25) is 0 Å². The molecule has 1 aromatic rings. The summed E-state index contributed by atoms with van der Waals surface area (Å²) in [5.41, 5.74) is -0.612. The maximum Gasteiger partial charge on any atom is 0.432 e. The average molecular weight is 427 g/mol. The number of carbonyl (C=O) groups excluding carboxylic acids is 1. The molecule has 0 saturated heterocycles. The maximum absolute atomic E-state index is 13.7. The van der Waals surface area contributed by atoms with Gasteiger partial charge in [-0.25, -0.2) is 4.79 Å². The number of hydrogen-bond acceptors (Lipinski definition) is 3. The molecule has 0 saturated carbocycles. The third-order valence-electron chi connectivity index (χ3n) is 4.91. The van der Waals surface area contributed by atoms with Gasteiger partial charge in [0.1, 0.15) is 6.61 Å². The van der Waals surface area contributed by atoms with Crippen LogP contribution in [-0.4, -0.2) is 25.9 Å². The number of carbonyl (C=O) groups is 1. The lowest BCUT2D eigenvalue weighted by Gasteiger charge is -2.32. The Balaban J connectivity index is 2.47. The Labute approximate surface area is 178 Å². The highest BCUT2D eigenvalue weighted by molar-refractivity contribution is 5.82. The fraction of sp³-hybridized carbons (Fsp3) is 0.583. The second kappa shape index (κ2) is 14.1. The highest BCUT2D eigenvalue weighted by Crippen LogP contribution is 2.42. The number of benzene rings is 1. The third-order valence-corrected chi connectivity index (χ3v) is 4.91. The summed E-state index contributed by atoms with van der Waals surface area (Å²) in [7, 11) is 0.849. The van der Waals surface area contributed by atoms with Crippen molar-refractivity contribution in [3.05, 3.63) is 53.8 Å². The Hall–Kier alpha value is -2.04. The Kier molecular flexibility index (Phi) is 12.2. The van der Waals surface area contributed by atoms with Gasteiger partial charge in [0, 0.05) is 12.7 Å². The van der Waals surface area contributed by atoms with Crippen LogP contribution in [0.5, 0.6) is 0 Å². The molecule has 0 aliphatic heterocycles. The number of halogens is 3. The highest BCUT2D eigenvalue weighted by atomic mass is 19.4. The van der Waals surface area contributed by atoms with E-state index < -0.39 is 17.7 Å². The molecule has 0 fully saturated rings. The number of hydrogen-bond donors (Lipinski definition) is 0. The van der Waals surface area contributed by atoms with Crippen LogP contribution in [0.15, 0.2) is 48.2 Å². The van der Waals surface area contributed by atoms with E-state index in [2.05, 4.69) is 17.4 Å². The van der Waals surface area contributed by atoms with Gasteiger partial charge in [-0.1, -0.05) is 82.2 Å². The SMILES string of the molecule is CCCCCCCCCCC=C=CCOC(=O)C(OC)(c1ccccc1)C(F)(F)F. The van der Waals surface area contributed by atoms with E-state index in [1.54, 1.807) is 6.07 Å². The van der Waals surface area contributed by atoms with E-state index in [0.29, 0.717) is 0 Å². The van der Waals surface area contributed by atoms with E-state index in [0.717, 1.165) is 26.4 Å². The molecule has 0 radical (unpaired) electrons. The molecule has 0 amide bonds. The van der Waals surface area contributed by atoms with Crippen LogP contribution >= 0.6 is 0 Å². The van der Waals surface area contributed by atoms with Crippen molar-refractivity contribution in [3.63, 3.8) is 0 Å². The summed E-state index contributed by atoms with van der Waals surface area (Å²) >= 11 is 0. The molecule has 1 atom stereocenters. The van der Waals surface area contributed by atoms with Crippen molar-refractivity contribution in [1.82, 2.24) is 0 Å². The van der Waals surface area contributed by atoms with Gasteiger partial charge in [-0.3, -0.25) is 0 Å². The van der Waals surface area contributed by atoms with Gasteiger partial charge >= 0.3 is 12.1 Å². The monoisotopic (exact) mass is 426 g/mol. The van der Waals surface area contributed by atoms with Gasteiger partial charge in [0.05, 0.1) is 0 Å². The molecule has 168 valence electrons. The molecule has 6 heteroatoms. The summed E-state index contributed by atoms with van der Waals surface area (Å²) in [4.78, 5) is 12.3. The number of esters is 1. The molecule has 1 unspecified atom stereocenters. The van der Waals surface area contributed by atoms with Gasteiger partial charge < -0.3 is 9.47 Å². The number of rotatable bonds is 14. The molecular weight excluding hydrogens is 393 g/mol. The minimum Gasteiger partial charge on any atom is -0.458 e. The van der Waals surface area contributed by atoms with Crippen LogP contribution in [0.1, 0.15) is 70.3 Å². The summed E-state index contributed by atoms with van der Waals surface area (Å²) in [6.45, 7) is 1.90. The first-order valence-corrected chi connectivity index (χ1v) is 10.6. The fourth-order valence-electron chi connectivity index (χ4n) is 3.20. The first-order chi connectivity index (χ1) is 14.4. The quantitative estimate of drug-likeness (QED) is 0.185. The first-order valence-electron chi connectivity index (χ1n) is 10.6. The van der Waals surface area contributed by atoms with Crippen molar-refractivity contribution in [2.24, 2.45) is 0 Å². The zero-order valence-corrected chi connectivity index (χ0v) is 18.0. The molecule has 0 aliphatic rings. The fourth-order valence-corrected chi connectivity index (χ4v) is 3.20. The molecular formula is C24H33F3O3. The van der Waals surface area contributed by atoms with Crippen LogP contribution in [0.25, 0.3) is 0 Å². The van der Waals surface area contributed by atoms with Crippen molar-refractivity contribution in [1.29, 1.82) is 0 Å². The van der Waals surface area contributed by atoms with Gasteiger partial charge in [-0.2, -0.15) is 13.2 Å². The van der Waals surface area contributed by atoms with Gasteiger partial charge in [-0.15, -0.1) is 5.73 Å². The van der Waals surface area contributed by atoms with Gasteiger partial charge in [0.15, 0.2) is 0 Å². The Morgan fingerprint density at radius 3 is 2.13 bits per heavy atom. The molecule has 0 aliphatic carbocycles. The van der Waals surface area contributed by atoms with Gasteiger partial charge in [0.25, 0.3) is 5.60 Å². The number of alkyl halides is 3. The predicted molar refractivity (Wildman–Crippen MR) is 112 cm³/mol. The smallest absolute Gasteiger partial charge is 0.432 e. The summed E-state index contributed by atoms with van der Waals surface area (Å²) in [5, 5.41) is 0. The summed E-state index contributed by atoms with van der Waals surface area (Å²) in [5.74, 6) is -1.50. The van der Waals surface area contributed by atoms with Crippen molar-refractivity contribution in [3.8, 4) is 0 Å².